The molecule has 0 bridgehead atoms. The third kappa shape index (κ3) is 3.13. The Balaban J connectivity index is 2.20. The van der Waals surface area contributed by atoms with Gasteiger partial charge >= 0.3 is 0 Å². The fourth-order valence-electron chi connectivity index (χ4n) is 2.84. The molecule has 0 fully saturated rings. The molecular formula is C18H22N6O. The van der Waals surface area contributed by atoms with Crippen LogP contribution in [0.2, 0.25) is 0 Å². The summed E-state index contributed by atoms with van der Waals surface area (Å²) >= 11 is 0. The van der Waals surface area contributed by atoms with Gasteiger partial charge in [0.05, 0.1) is 5.56 Å². The van der Waals surface area contributed by atoms with Gasteiger partial charge in [-0.25, -0.2) is 9.50 Å². The van der Waals surface area contributed by atoms with Gasteiger partial charge in [0.2, 0.25) is 0 Å². The SMILES string of the molecule is CCCc1nc(Nc2cc(N)ccc2C)c2c(C)c(C(N)=O)cn2n1. The molecule has 0 saturated heterocycles. The van der Waals surface area contributed by atoms with Gasteiger partial charge in [-0.2, -0.15) is 5.10 Å². The lowest BCUT2D eigenvalue weighted by Gasteiger charge is -2.13. The van der Waals surface area contributed by atoms with Crippen LogP contribution in [0.15, 0.2) is 24.4 Å². The van der Waals surface area contributed by atoms with Crippen molar-refractivity contribution < 1.29 is 4.79 Å². The molecule has 5 N–H and O–H groups in total. The second kappa shape index (κ2) is 6.43. The molecule has 0 aliphatic carbocycles. The van der Waals surface area contributed by atoms with Gasteiger partial charge in [0.15, 0.2) is 11.6 Å². The van der Waals surface area contributed by atoms with Crippen molar-refractivity contribution in [3.05, 3.63) is 46.9 Å². The van der Waals surface area contributed by atoms with Gasteiger partial charge in [0.1, 0.15) is 5.52 Å². The Hall–Kier alpha value is -3.09. The highest BCUT2D eigenvalue weighted by atomic mass is 16.1. The molecule has 1 amide bonds. The first-order valence-electron chi connectivity index (χ1n) is 8.22. The Morgan fingerprint density at radius 3 is 2.76 bits per heavy atom. The molecule has 0 spiro atoms. The second-order valence-corrected chi connectivity index (χ2v) is 6.15. The number of anilines is 3. The van der Waals surface area contributed by atoms with E-state index in [2.05, 4.69) is 22.3 Å². The van der Waals surface area contributed by atoms with Crippen molar-refractivity contribution in [3.63, 3.8) is 0 Å². The zero-order valence-electron chi connectivity index (χ0n) is 14.6. The van der Waals surface area contributed by atoms with E-state index >= 15 is 0 Å². The average Bonchev–Trinajstić information content (AvgIpc) is 2.88. The summed E-state index contributed by atoms with van der Waals surface area (Å²) in [4.78, 5) is 16.3. The fraction of sp³-hybridized carbons (Fsp3) is 0.278. The van der Waals surface area contributed by atoms with Crippen LogP contribution < -0.4 is 16.8 Å². The number of nitrogens with two attached hydrogens (primary N) is 2. The normalized spacial score (nSPS) is 11.0. The summed E-state index contributed by atoms with van der Waals surface area (Å²) in [6.07, 6.45) is 3.32. The van der Waals surface area contributed by atoms with E-state index in [1.807, 2.05) is 32.0 Å². The Bertz CT molecular complexity index is 960. The predicted octanol–water partition coefficient (Wildman–Crippen LogP) is 2.72. The van der Waals surface area contributed by atoms with Crippen LogP contribution in [0.4, 0.5) is 17.2 Å². The van der Waals surface area contributed by atoms with Crippen molar-refractivity contribution in [3.8, 4) is 0 Å². The number of aryl methyl sites for hydroxylation is 3. The minimum absolute atomic E-state index is 0.440. The summed E-state index contributed by atoms with van der Waals surface area (Å²) in [5, 5.41) is 7.85. The molecule has 0 aliphatic heterocycles. The molecule has 25 heavy (non-hydrogen) atoms. The number of carbonyl (C=O) groups excluding carboxylic acids is 1. The molecule has 2 heterocycles. The van der Waals surface area contributed by atoms with Gasteiger partial charge in [0, 0.05) is 24.0 Å². The quantitative estimate of drug-likeness (QED) is 0.619. The van der Waals surface area contributed by atoms with Crippen LogP contribution in [0.3, 0.4) is 0 Å². The van der Waals surface area contributed by atoms with E-state index in [4.69, 9.17) is 11.5 Å². The monoisotopic (exact) mass is 338 g/mol. The minimum Gasteiger partial charge on any atom is -0.399 e. The summed E-state index contributed by atoms with van der Waals surface area (Å²) < 4.78 is 1.68. The molecule has 0 saturated carbocycles. The molecule has 130 valence electrons. The van der Waals surface area contributed by atoms with Gasteiger partial charge in [0.25, 0.3) is 5.91 Å². The van der Waals surface area contributed by atoms with Crippen molar-refractivity contribution in [2.24, 2.45) is 5.73 Å². The van der Waals surface area contributed by atoms with Crippen molar-refractivity contribution in [1.82, 2.24) is 14.6 Å². The molecule has 7 nitrogen and oxygen atoms in total. The predicted molar refractivity (Wildman–Crippen MR) is 99.1 cm³/mol. The maximum Gasteiger partial charge on any atom is 0.250 e. The van der Waals surface area contributed by atoms with E-state index in [9.17, 15) is 4.79 Å². The second-order valence-electron chi connectivity index (χ2n) is 6.15. The zero-order valence-corrected chi connectivity index (χ0v) is 14.6. The van der Waals surface area contributed by atoms with Crippen molar-refractivity contribution >= 4 is 28.6 Å². The highest BCUT2D eigenvalue weighted by molar-refractivity contribution is 5.98. The molecule has 0 aliphatic rings. The largest absolute Gasteiger partial charge is 0.399 e. The van der Waals surface area contributed by atoms with Crippen molar-refractivity contribution in [1.29, 1.82) is 0 Å². The first-order chi connectivity index (χ1) is 11.9. The first kappa shape index (κ1) is 16.8. The maximum atomic E-state index is 11.7. The molecule has 0 radical (unpaired) electrons. The lowest BCUT2D eigenvalue weighted by atomic mass is 10.1. The Morgan fingerprint density at radius 2 is 2.08 bits per heavy atom. The number of fused-ring (bicyclic) bond motifs is 1. The molecule has 0 unspecified atom stereocenters. The standard InChI is InChI=1S/C18H22N6O/c1-4-5-15-22-18(21-14-8-12(19)7-6-10(14)2)16-11(3)13(17(20)25)9-24(16)23-15/h6-9H,4-5,19H2,1-3H3,(H2,20,25)(H,21,22,23). The van der Waals surface area contributed by atoms with Crippen LogP contribution in [0.5, 0.6) is 0 Å². The summed E-state index contributed by atoms with van der Waals surface area (Å²) in [6.45, 7) is 5.90. The number of carbonyl (C=O) groups is 1. The minimum atomic E-state index is -0.480. The van der Waals surface area contributed by atoms with Gasteiger partial charge in [-0.15, -0.1) is 0 Å². The number of primary amides is 1. The summed E-state index contributed by atoms with van der Waals surface area (Å²) in [5.74, 6) is 0.855. The Morgan fingerprint density at radius 1 is 1.32 bits per heavy atom. The Labute approximate surface area is 146 Å². The number of nitrogens with zero attached hydrogens (tertiary/aromatic N) is 3. The zero-order chi connectivity index (χ0) is 18.1. The molecule has 3 aromatic rings. The molecule has 1 aromatic carbocycles. The topological polar surface area (TPSA) is 111 Å². The number of amides is 1. The lowest BCUT2D eigenvalue weighted by Crippen LogP contribution is -2.10. The van der Waals surface area contributed by atoms with Crippen molar-refractivity contribution in [2.45, 2.75) is 33.6 Å². The van der Waals surface area contributed by atoms with E-state index in [-0.39, 0.29) is 0 Å². The van der Waals surface area contributed by atoms with E-state index in [1.165, 1.54) is 0 Å². The van der Waals surface area contributed by atoms with Crippen LogP contribution in [-0.4, -0.2) is 20.5 Å². The number of rotatable bonds is 5. The van der Waals surface area contributed by atoms with E-state index < -0.39 is 5.91 Å². The van der Waals surface area contributed by atoms with Gasteiger partial charge in [-0.1, -0.05) is 13.0 Å². The number of aromatic nitrogens is 3. The van der Waals surface area contributed by atoms with Crippen LogP contribution in [0.1, 0.15) is 40.7 Å². The molecule has 7 heteroatoms. The molecular weight excluding hydrogens is 316 g/mol. The lowest BCUT2D eigenvalue weighted by molar-refractivity contribution is 0.1000. The highest BCUT2D eigenvalue weighted by Gasteiger charge is 2.18. The summed E-state index contributed by atoms with van der Waals surface area (Å²) in [7, 11) is 0. The van der Waals surface area contributed by atoms with Gasteiger partial charge in [-0.3, -0.25) is 4.79 Å². The van der Waals surface area contributed by atoms with Crippen molar-refractivity contribution in [2.75, 3.05) is 11.1 Å². The van der Waals surface area contributed by atoms with Gasteiger partial charge in [-0.05, 0) is 43.5 Å². The van der Waals surface area contributed by atoms with E-state index in [0.29, 0.717) is 22.9 Å². The van der Waals surface area contributed by atoms with Crippen LogP contribution in [0, 0.1) is 13.8 Å². The molecule has 2 aromatic heterocycles. The molecule has 0 atom stereocenters. The average molecular weight is 338 g/mol. The van der Waals surface area contributed by atoms with E-state index in [0.717, 1.165) is 35.2 Å². The third-order valence-electron chi connectivity index (χ3n) is 4.18. The number of nitrogens with one attached hydrogen (secondary N) is 1. The smallest absolute Gasteiger partial charge is 0.250 e. The number of nitrogen functional groups attached to an aromatic ring is 1. The number of hydrogen-bond acceptors (Lipinski definition) is 5. The summed E-state index contributed by atoms with van der Waals surface area (Å²) in [6, 6.07) is 5.66. The fourth-order valence-corrected chi connectivity index (χ4v) is 2.84. The molecule has 3 rings (SSSR count). The van der Waals surface area contributed by atoms with E-state index in [1.54, 1.807) is 10.7 Å². The number of benzene rings is 1. The Kier molecular flexibility index (Phi) is 4.31. The van der Waals surface area contributed by atoms with Crippen LogP contribution >= 0.6 is 0 Å². The summed E-state index contributed by atoms with van der Waals surface area (Å²) in [5.41, 5.74) is 15.9. The maximum absolute atomic E-state index is 11.7. The number of hydrogen-bond donors (Lipinski definition) is 3. The van der Waals surface area contributed by atoms with Gasteiger partial charge < -0.3 is 16.8 Å². The third-order valence-corrected chi connectivity index (χ3v) is 4.18. The highest BCUT2D eigenvalue weighted by Crippen LogP contribution is 2.28. The first-order valence-corrected chi connectivity index (χ1v) is 8.22. The van der Waals surface area contributed by atoms with Crippen LogP contribution in [0.25, 0.3) is 5.52 Å². The van der Waals surface area contributed by atoms with Crippen LogP contribution in [-0.2, 0) is 6.42 Å².